The maximum Gasteiger partial charge on any atom is 0.469 e. The first kappa shape index (κ1) is 35.7. The van der Waals surface area contributed by atoms with Gasteiger partial charge in [-0.3, -0.25) is 14.3 Å². The van der Waals surface area contributed by atoms with Gasteiger partial charge in [0.25, 0.3) is 0 Å². The van der Waals surface area contributed by atoms with Crippen molar-refractivity contribution in [2.24, 2.45) is 0 Å². The van der Waals surface area contributed by atoms with E-state index in [1.807, 2.05) is 42.5 Å². The van der Waals surface area contributed by atoms with Crippen molar-refractivity contribution in [1.82, 2.24) is 10.3 Å². The normalized spacial score (nSPS) is 12.5. The van der Waals surface area contributed by atoms with Gasteiger partial charge in [-0.25, -0.2) is 4.57 Å². The average molecular weight is 603 g/mol. The summed E-state index contributed by atoms with van der Waals surface area (Å²) in [4.78, 5) is 35.1. The zero-order valence-corrected chi connectivity index (χ0v) is 26.2. The second-order valence-electron chi connectivity index (χ2n) is 10.8. The number of unbranched alkanes of at least 4 members (excludes halogenated alkanes) is 11. The van der Waals surface area contributed by atoms with Gasteiger partial charge in [-0.1, -0.05) is 88.6 Å². The van der Waals surface area contributed by atoms with Crippen LogP contribution in [0, 0.1) is 0 Å². The summed E-state index contributed by atoms with van der Waals surface area (Å²) in [6, 6.07) is 12.5. The minimum atomic E-state index is -4.65. The van der Waals surface area contributed by atoms with E-state index in [4.69, 9.17) is 19.0 Å². The van der Waals surface area contributed by atoms with Crippen LogP contribution >= 0.6 is 7.82 Å². The Balaban J connectivity index is 1.63. The first-order chi connectivity index (χ1) is 20.4. The molecule has 1 heterocycles. The Bertz CT molecular complexity index is 1040. The third kappa shape index (κ3) is 18.8. The molecule has 0 bridgehead atoms. The Morgan fingerprint density at radius 2 is 1.55 bits per heavy atom. The summed E-state index contributed by atoms with van der Waals surface area (Å²) >= 11 is 0. The van der Waals surface area contributed by atoms with Gasteiger partial charge >= 0.3 is 7.82 Å². The molecule has 2 rings (SSSR count). The lowest BCUT2D eigenvalue weighted by Gasteiger charge is -2.19. The van der Waals surface area contributed by atoms with E-state index in [1.165, 1.54) is 51.4 Å². The van der Waals surface area contributed by atoms with Crippen molar-refractivity contribution in [2.45, 2.75) is 116 Å². The minimum Gasteiger partial charge on any atom is -0.487 e. The average Bonchev–Trinajstić information content (AvgIpc) is 2.97. The highest BCUT2D eigenvalue weighted by molar-refractivity contribution is 7.46. The first-order valence-corrected chi connectivity index (χ1v) is 17.1. The van der Waals surface area contributed by atoms with Crippen LogP contribution in [0.2, 0.25) is 0 Å². The molecule has 2 aromatic rings. The molecule has 1 amide bonds. The van der Waals surface area contributed by atoms with Crippen LogP contribution in [0.4, 0.5) is 0 Å². The van der Waals surface area contributed by atoms with Gasteiger partial charge in [0.1, 0.15) is 12.4 Å². The molecule has 0 aliphatic carbocycles. The summed E-state index contributed by atoms with van der Waals surface area (Å²) in [6.07, 6.45) is 22.6. The van der Waals surface area contributed by atoms with E-state index in [-0.39, 0.29) is 12.5 Å². The lowest BCUT2D eigenvalue weighted by Crippen LogP contribution is -2.39. The van der Waals surface area contributed by atoms with Gasteiger partial charge in [-0.15, -0.1) is 0 Å². The third-order valence-corrected chi connectivity index (χ3v) is 7.48. The zero-order valence-electron chi connectivity index (χ0n) is 25.3. The largest absolute Gasteiger partial charge is 0.487 e. The number of aromatic nitrogens is 1. The maximum absolute atomic E-state index is 12.6. The molecule has 1 aromatic carbocycles. The predicted octanol–water partition coefficient (Wildman–Crippen LogP) is 7.83. The van der Waals surface area contributed by atoms with Crippen molar-refractivity contribution in [3.05, 3.63) is 72.1 Å². The SMILES string of the molecule is CCCCCCCC/C=C/CCCCCCCC(=O)N[C@H](COP(=O)(O)O)Cc1ccc(OCc2ccccn2)cc1. The second kappa shape index (κ2) is 22.1. The zero-order chi connectivity index (χ0) is 30.3. The Morgan fingerprint density at radius 1 is 0.905 bits per heavy atom. The number of carbonyl (C=O) groups is 1. The number of hydrogen-bond donors (Lipinski definition) is 3. The molecule has 0 saturated carbocycles. The van der Waals surface area contributed by atoms with E-state index in [1.54, 1.807) is 6.20 Å². The van der Waals surface area contributed by atoms with Gasteiger partial charge in [-0.2, -0.15) is 0 Å². The van der Waals surface area contributed by atoms with Gasteiger partial charge in [0, 0.05) is 12.6 Å². The molecule has 0 saturated heterocycles. The molecule has 0 aliphatic rings. The van der Waals surface area contributed by atoms with Crippen LogP contribution in [-0.2, 0) is 26.9 Å². The highest BCUT2D eigenvalue weighted by Gasteiger charge is 2.20. The number of carbonyl (C=O) groups excluding carboxylic acids is 1. The summed E-state index contributed by atoms with van der Waals surface area (Å²) in [7, 11) is -4.65. The lowest BCUT2D eigenvalue weighted by molar-refractivity contribution is -0.122. The van der Waals surface area contributed by atoms with Gasteiger partial charge in [0.2, 0.25) is 5.91 Å². The van der Waals surface area contributed by atoms with Crippen molar-refractivity contribution in [3.8, 4) is 5.75 Å². The number of hydrogen-bond acceptors (Lipinski definition) is 5. The van der Waals surface area contributed by atoms with Crippen molar-refractivity contribution < 1.29 is 28.4 Å². The van der Waals surface area contributed by atoms with Crippen molar-refractivity contribution in [1.29, 1.82) is 0 Å². The molecule has 9 heteroatoms. The van der Waals surface area contributed by atoms with Crippen LogP contribution in [-0.4, -0.2) is 33.3 Å². The van der Waals surface area contributed by atoms with Crippen molar-refractivity contribution in [2.75, 3.05) is 6.61 Å². The number of benzene rings is 1. The van der Waals surface area contributed by atoms with Crippen LogP contribution in [0.5, 0.6) is 5.75 Å². The lowest BCUT2D eigenvalue weighted by atomic mass is 10.1. The summed E-state index contributed by atoms with van der Waals surface area (Å²) < 4.78 is 21.8. The summed E-state index contributed by atoms with van der Waals surface area (Å²) in [5.41, 5.74) is 1.71. The molecule has 1 atom stereocenters. The highest BCUT2D eigenvalue weighted by atomic mass is 31.2. The Hall–Kier alpha value is -2.51. The van der Waals surface area contributed by atoms with E-state index in [0.717, 1.165) is 43.4 Å². The highest BCUT2D eigenvalue weighted by Crippen LogP contribution is 2.35. The quantitative estimate of drug-likeness (QED) is 0.0636. The Labute approximate surface area is 252 Å². The predicted molar refractivity (Wildman–Crippen MR) is 168 cm³/mol. The number of allylic oxidation sites excluding steroid dienone is 2. The van der Waals surface area contributed by atoms with E-state index in [2.05, 4.69) is 29.4 Å². The number of ether oxygens (including phenoxy) is 1. The molecule has 42 heavy (non-hydrogen) atoms. The minimum absolute atomic E-state index is 0.137. The Morgan fingerprint density at radius 3 is 2.17 bits per heavy atom. The number of amides is 1. The molecule has 0 spiro atoms. The molecule has 0 unspecified atom stereocenters. The van der Waals surface area contributed by atoms with Crippen LogP contribution in [0.15, 0.2) is 60.8 Å². The molecular formula is C33H51N2O6P. The summed E-state index contributed by atoms with van der Waals surface area (Å²) in [5, 5.41) is 2.89. The molecule has 0 aliphatic heterocycles. The molecule has 234 valence electrons. The van der Waals surface area contributed by atoms with Crippen LogP contribution in [0.1, 0.15) is 108 Å². The monoisotopic (exact) mass is 602 g/mol. The number of phosphoric acid groups is 1. The smallest absolute Gasteiger partial charge is 0.469 e. The molecule has 0 radical (unpaired) electrons. The van der Waals surface area contributed by atoms with E-state index in [9.17, 15) is 9.36 Å². The van der Waals surface area contributed by atoms with Crippen LogP contribution in [0.3, 0.4) is 0 Å². The van der Waals surface area contributed by atoms with Gasteiger partial charge in [0.05, 0.1) is 18.3 Å². The Kier molecular flexibility index (Phi) is 18.8. The van der Waals surface area contributed by atoms with Gasteiger partial charge in [-0.05, 0) is 68.4 Å². The maximum atomic E-state index is 12.6. The third-order valence-electron chi connectivity index (χ3n) is 6.99. The molecule has 0 fully saturated rings. The topological polar surface area (TPSA) is 118 Å². The van der Waals surface area contributed by atoms with Gasteiger partial charge in [0.15, 0.2) is 0 Å². The summed E-state index contributed by atoms with van der Waals surface area (Å²) in [6.45, 7) is 2.32. The molecule has 8 nitrogen and oxygen atoms in total. The first-order valence-electron chi connectivity index (χ1n) is 15.6. The fraction of sp³-hybridized carbons (Fsp3) is 0.576. The fourth-order valence-corrected chi connectivity index (χ4v) is 5.02. The van der Waals surface area contributed by atoms with Crippen LogP contribution in [0.25, 0.3) is 0 Å². The number of phosphoric ester groups is 1. The van der Waals surface area contributed by atoms with Crippen LogP contribution < -0.4 is 10.1 Å². The van der Waals surface area contributed by atoms with Crippen molar-refractivity contribution in [3.63, 3.8) is 0 Å². The number of rotatable bonds is 24. The van der Waals surface area contributed by atoms with E-state index >= 15 is 0 Å². The standard InChI is InChI=1S/C33H51N2O6P/c1-2-3-4-5-6-7-8-9-10-11-12-13-14-15-16-20-33(36)35-31(28-41-42(37,38)39)26-29-21-23-32(24-22-29)40-27-30-19-17-18-25-34-30/h9-10,17-19,21-25,31H,2-8,11-16,20,26-28H2,1H3,(H,35,36)(H2,37,38,39)/b10-9+/t31-/m0/s1. The van der Waals surface area contributed by atoms with Gasteiger partial charge < -0.3 is 19.8 Å². The second-order valence-corrected chi connectivity index (χ2v) is 12.1. The summed E-state index contributed by atoms with van der Waals surface area (Å²) in [5.74, 6) is 0.544. The van der Waals surface area contributed by atoms with Crippen molar-refractivity contribution >= 4 is 13.7 Å². The van der Waals surface area contributed by atoms with E-state index in [0.29, 0.717) is 25.2 Å². The number of nitrogens with zero attached hydrogens (tertiary/aromatic N) is 1. The molecule has 1 aromatic heterocycles. The fourth-order valence-electron chi connectivity index (χ4n) is 4.64. The number of nitrogens with one attached hydrogen (secondary N) is 1. The number of pyridine rings is 1. The molecular weight excluding hydrogens is 551 g/mol. The molecule has 3 N–H and O–H groups in total. The van der Waals surface area contributed by atoms with E-state index < -0.39 is 13.9 Å².